The van der Waals surface area contributed by atoms with Crippen molar-refractivity contribution in [3.63, 3.8) is 0 Å². The van der Waals surface area contributed by atoms with Gasteiger partial charge < -0.3 is 9.47 Å². The number of rotatable bonds is 1. The Morgan fingerprint density at radius 3 is 2.83 bits per heavy atom. The van der Waals surface area contributed by atoms with Crippen LogP contribution in [-0.4, -0.2) is 21.9 Å². The van der Waals surface area contributed by atoms with Gasteiger partial charge in [-0.15, -0.1) is 0 Å². The Kier molecular flexibility index (Phi) is 3.14. The fourth-order valence-corrected chi connectivity index (χ4v) is 3.42. The summed E-state index contributed by atoms with van der Waals surface area (Å²) in [5.74, 6) is 0.716. The molecule has 0 bridgehead atoms. The first-order valence-electron chi connectivity index (χ1n) is 7.17. The first-order valence-corrected chi connectivity index (χ1v) is 7.17. The van der Waals surface area contributed by atoms with Gasteiger partial charge in [0.25, 0.3) is 0 Å². The molecular weight excluding hydrogens is 224 g/mol. The maximum absolute atomic E-state index is 12.5. The van der Waals surface area contributed by atoms with E-state index in [4.69, 9.17) is 0 Å². The molecule has 18 heavy (non-hydrogen) atoms. The first kappa shape index (κ1) is 11.8. The number of hydrogen-bond acceptors (Lipinski definition) is 1. The summed E-state index contributed by atoms with van der Waals surface area (Å²) in [6, 6.07) is 2.16. The molecule has 1 aromatic heterocycles. The number of amides is 1. The molecule has 1 fully saturated rings. The molecule has 1 saturated carbocycles. The highest BCUT2D eigenvalue weighted by atomic mass is 16.2. The molecule has 1 aliphatic carbocycles. The molecule has 3 heteroatoms. The molecule has 1 aliphatic heterocycles. The Morgan fingerprint density at radius 2 is 2.06 bits per heavy atom. The minimum absolute atomic E-state index is 0.309. The van der Waals surface area contributed by atoms with E-state index in [1.165, 1.54) is 30.5 Å². The second-order valence-electron chi connectivity index (χ2n) is 5.74. The summed E-state index contributed by atoms with van der Waals surface area (Å²) in [5, 5.41) is 0. The van der Waals surface area contributed by atoms with Crippen LogP contribution in [0.5, 0.6) is 0 Å². The smallest absolute Gasteiger partial charge is 0.225 e. The molecule has 0 atom stereocenters. The van der Waals surface area contributed by atoms with E-state index < -0.39 is 0 Å². The van der Waals surface area contributed by atoms with Crippen molar-refractivity contribution < 1.29 is 4.79 Å². The predicted octanol–water partition coefficient (Wildman–Crippen LogP) is 2.49. The predicted molar refractivity (Wildman–Crippen MR) is 71.1 cm³/mol. The number of carbonyl (C=O) groups is 1. The van der Waals surface area contributed by atoms with Crippen LogP contribution in [0.25, 0.3) is 0 Å². The van der Waals surface area contributed by atoms with Crippen molar-refractivity contribution in [2.75, 3.05) is 6.54 Å². The zero-order valence-corrected chi connectivity index (χ0v) is 11.2. The van der Waals surface area contributed by atoms with Gasteiger partial charge in [0.2, 0.25) is 5.91 Å². The van der Waals surface area contributed by atoms with Crippen LogP contribution in [0, 0.1) is 5.92 Å². The molecule has 0 spiro atoms. The molecule has 2 heterocycles. The van der Waals surface area contributed by atoms with E-state index in [0.717, 1.165) is 32.4 Å². The maximum atomic E-state index is 12.5. The Balaban J connectivity index is 1.69. The third kappa shape index (κ3) is 2.06. The van der Waals surface area contributed by atoms with Gasteiger partial charge >= 0.3 is 0 Å². The molecule has 0 radical (unpaired) electrons. The average molecular weight is 246 g/mol. The molecule has 2 aliphatic rings. The number of aromatic nitrogens is 1. The summed E-state index contributed by atoms with van der Waals surface area (Å²) in [7, 11) is 2.09. The molecule has 98 valence electrons. The van der Waals surface area contributed by atoms with Crippen LogP contribution in [-0.2, 0) is 24.8 Å². The van der Waals surface area contributed by atoms with Gasteiger partial charge in [0.05, 0.1) is 0 Å². The Bertz CT molecular complexity index is 443. The SMILES string of the molecule is Cn1ccc2c1CCN(C(=O)C1CCCCC1)C2. The van der Waals surface area contributed by atoms with E-state index in [2.05, 4.69) is 28.8 Å². The fourth-order valence-electron chi connectivity index (χ4n) is 3.42. The molecule has 1 amide bonds. The largest absolute Gasteiger partial charge is 0.354 e. The molecule has 1 aromatic rings. The Labute approximate surface area is 109 Å². The summed E-state index contributed by atoms with van der Waals surface area (Å²) < 4.78 is 2.19. The van der Waals surface area contributed by atoms with Gasteiger partial charge in [-0.2, -0.15) is 0 Å². The van der Waals surface area contributed by atoms with Crippen LogP contribution in [0.4, 0.5) is 0 Å². The van der Waals surface area contributed by atoms with Crippen LogP contribution in [0.3, 0.4) is 0 Å². The van der Waals surface area contributed by atoms with Gasteiger partial charge in [0.1, 0.15) is 0 Å². The van der Waals surface area contributed by atoms with E-state index in [0.29, 0.717) is 11.8 Å². The molecule has 3 rings (SSSR count). The molecule has 0 saturated heterocycles. The lowest BCUT2D eigenvalue weighted by Gasteiger charge is -2.32. The minimum atomic E-state index is 0.309. The van der Waals surface area contributed by atoms with Gasteiger partial charge in [-0.25, -0.2) is 0 Å². The van der Waals surface area contributed by atoms with Gasteiger partial charge in [0.15, 0.2) is 0 Å². The second-order valence-corrected chi connectivity index (χ2v) is 5.74. The van der Waals surface area contributed by atoms with Crippen LogP contribution in [0.1, 0.15) is 43.4 Å². The molecule has 0 N–H and O–H groups in total. The number of carbonyl (C=O) groups excluding carboxylic acids is 1. The fraction of sp³-hybridized carbons (Fsp3) is 0.667. The Hall–Kier alpha value is -1.25. The van der Waals surface area contributed by atoms with Gasteiger partial charge in [0, 0.05) is 44.4 Å². The van der Waals surface area contributed by atoms with E-state index in [9.17, 15) is 4.79 Å². The minimum Gasteiger partial charge on any atom is -0.354 e. The highest BCUT2D eigenvalue weighted by Crippen LogP contribution is 2.28. The van der Waals surface area contributed by atoms with Crippen molar-refractivity contribution in [3.8, 4) is 0 Å². The van der Waals surface area contributed by atoms with E-state index in [1.54, 1.807) is 0 Å². The van der Waals surface area contributed by atoms with Crippen molar-refractivity contribution in [2.45, 2.75) is 45.1 Å². The maximum Gasteiger partial charge on any atom is 0.225 e. The monoisotopic (exact) mass is 246 g/mol. The van der Waals surface area contributed by atoms with Crippen molar-refractivity contribution in [2.24, 2.45) is 13.0 Å². The number of aryl methyl sites for hydroxylation is 1. The van der Waals surface area contributed by atoms with Crippen LogP contribution >= 0.6 is 0 Å². The lowest BCUT2D eigenvalue weighted by atomic mass is 9.88. The van der Waals surface area contributed by atoms with Crippen molar-refractivity contribution in [3.05, 3.63) is 23.5 Å². The summed E-state index contributed by atoms with van der Waals surface area (Å²) in [6.07, 6.45) is 9.12. The lowest BCUT2D eigenvalue weighted by Crippen LogP contribution is -2.40. The lowest BCUT2D eigenvalue weighted by molar-refractivity contribution is -0.137. The van der Waals surface area contributed by atoms with Crippen LogP contribution in [0.15, 0.2) is 12.3 Å². The zero-order valence-electron chi connectivity index (χ0n) is 11.2. The van der Waals surface area contributed by atoms with Crippen molar-refractivity contribution >= 4 is 5.91 Å². The molecular formula is C15H22N2O. The standard InChI is InChI=1S/C15H22N2O/c1-16-9-7-13-11-17(10-8-14(13)16)15(18)12-5-3-2-4-6-12/h7,9,12H,2-6,8,10-11H2,1H3. The summed E-state index contributed by atoms with van der Waals surface area (Å²) in [4.78, 5) is 14.6. The quantitative estimate of drug-likeness (QED) is 0.747. The van der Waals surface area contributed by atoms with Crippen LogP contribution < -0.4 is 0 Å². The van der Waals surface area contributed by atoms with E-state index in [1.807, 2.05) is 0 Å². The normalized spacial score (nSPS) is 20.8. The van der Waals surface area contributed by atoms with E-state index >= 15 is 0 Å². The Morgan fingerprint density at radius 1 is 1.28 bits per heavy atom. The third-order valence-electron chi connectivity index (χ3n) is 4.54. The summed E-state index contributed by atoms with van der Waals surface area (Å²) in [6.45, 7) is 1.73. The average Bonchev–Trinajstić information content (AvgIpc) is 2.80. The van der Waals surface area contributed by atoms with Gasteiger partial charge in [-0.05, 0) is 24.5 Å². The third-order valence-corrected chi connectivity index (χ3v) is 4.54. The van der Waals surface area contributed by atoms with Gasteiger partial charge in [-0.1, -0.05) is 19.3 Å². The summed E-state index contributed by atoms with van der Waals surface area (Å²) in [5.41, 5.74) is 2.75. The molecule has 3 nitrogen and oxygen atoms in total. The highest BCUT2D eigenvalue weighted by Gasteiger charge is 2.28. The highest BCUT2D eigenvalue weighted by molar-refractivity contribution is 5.79. The number of fused-ring (bicyclic) bond motifs is 1. The summed E-state index contributed by atoms with van der Waals surface area (Å²) >= 11 is 0. The first-order chi connectivity index (χ1) is 8.75. The van der Waals surface area contributed by atoms with E-state index in [-0.39, 0.29) is 0 Å². The van der Waals surface area contributed by atoms with Gasteiger partial charge in [-0.3, -0.25) is 4.79 Å². The molecule has 0 unspecified atom stereocenters. The zero-order chi connectivity index (χ0) is 12.5. The van der Waals surface area contributed by atoms with Crippen LogP contribution in [0.2, 0.25) is 0 Å². The van der Waals surface area contributed by atoms with Crippen molar-refractivity contribution in [1.29, 1.82) is 0 Å². The topological polar surface area (TPSA) is 25.2 Å². The number of nitrogens with zero attached hydrogens (tertiary/aromatic N) is 2. The molecule has 0 aromatic carbocycles. The van der Waals surface area contributed by atoms with Crippen molar-refractivity contribution in [1.82, 2.24) is 9.47 Å². The second kappa shape index (κ2) is 4.79. The number of hydrogen-bond donors (Lipinski definition) is 0.